The van der Waals surface area contributed by atoms with Gasteiger partial charge in [-0.05, 0) is 29.8 Å². The standard InChI is InChI=1S/C25H19NO6/c27-22-20(31-24(29)18-12-6-2-7-13-18)21(32-25(30)19-14-8-3-9-15-19)23(28)26(22)16-17-10-4-1-5-11-17/h1-15,20-21H,16H2/t20-,21+. The van der Waals surface area contributed by atoms with Crippen molar-refractivity contribution in [3.63, 3.8) is 0 Å². The van der Waals surface area contributed by atoms with Gasteiger partial charge in [0.05, 0.1) is 17.7 Å². The van der Waals surface area contributed by atoms with E-state index < -0.39 is 36.0 Å². The van der Waals surface area contributed by atoms with Crippen LogP contribution in [0.25, 0.3) is 0 Å². The van der Waals surface area contributed by atoms with Gasteiger partial charge in [0, 0.05) is 0 Å². The van der Waals surface area contributed by atoms with Crippen LogP contribution in [0.3, 0.4) is 0 Å². The van der Waals surface area contributed by atoms with Gasteiger partial charge in [0.1, 0.15) is 0 Å². The van der Waals surface area contributed by atoms with Crippen LogP contribution in [0.4, 0.5) is 0 Å². The van der Waals surface area contributed by atoms with Crippen molar-refractivity contribution in [1.29, 1.82) is 0 Å². The minimum absolute atomic E-state index is 0.0305. The molecule has 0 spiro atoms. The molecular weight excluding hydrogens is 410 g/mol. The third-order valence-electron chi connectivity index (χ3n) is 4.96. The molecule has 1 aliphatic rings. The van der Waals surface area contributed by atoms with Crippen LogP contribution in [0, 0.1) is 0 Å². The fourth-order valence-electron chi connectivity index (χ4n) is 3.34. The van der Waals surface area contributed by atoms with E-state index in [4.69, 9.17) is 9.47 Å². The monoisotopic (exact) mass is 429 g/mol. The number of nitrogens with zero attached hydrogens (tertiary/aromatic N) is 1. The summed E-state index contributed by atoms with van der Waals surface area (Å²) in [7, 11) is 0. The fourth-order valence-corrected chi connectivity index (χ4v) is 3.34. The highest BCUT2D eigenvalue weighted by Gasteiger charge is 2.52. The summed E-state index contributed by atoms with van der Waals surface area (Å²) >= 11 is 0. The van der Waals surface area contributed by atoms with E-state index in [-0.39, 0.29) is 17.7 Å². The zero-order chi connectivity index (χ0) is 22.5. The van der Waals surface area contributed by atoms with Crippen molar-refractivity contribution in [2.24, 2.45) is 0 Å². The predicted octanol–water partition coefficient (Wildman–Crippen LogP) is 3.01. The van der Waals surface area contributed by atoms with E-state index in [0.717, 1.165) is 4.90 Å². The van der Waals surface area contributed by atoms with Crippen molar-refractivity contribution in [3.8, 4) is 0 Å². The molecule has 2 atom stereocenters. The Morgan fingerprint density at radius 3 is 1.41 bits per heavy atom. The van der Waals surface area contributed by atoms with Crippen LogP contribution in [0.2, 0.25) is 0 Å². The third kappa shape index (κ3) is 4.41. The molecule has 1 aliphatic heterocycles. The van der Waals surface area contributed by atoms with Gasteiger partial charge in [-0.1, -0.05) is 66.7 Å². The molecule has 3 aromatic carbocycles. The molecule has 0 radical (unpaired) electrons. The number of ether oxygens (including phenoxy) is 2. The maximum Gasteiger partial charge on any atom is 0.339 e. The fraction of sp³-hybridized carbons (Fsp3) is 0.120. The molecule has 3 aromatic rings. The van der Waals surface area contributed by atoms with Crippen LogP contribution in [0.15, 0.2) is 91.0 Å². The van der Waals surface area contributed by atoms with Gasteiger partial charge < -0.3 is 9.47 Å². The van der Waals surface area contributed by atoms with E-state index in [1.807, 2.05) is 6.07 Å². The van der Waals surface area contributed by atoms with Gasteiger partial charge in [0.15, 0.2) is 0 Å². The van der Waals surface area contributed by atoms with Crippen molar-refractivity contribution >= 4 is 23.8 Å². The lowest BCUT2D eigenvalue weighted by Crippen LogP contribution is -2.37. The zero-order valence-electron chi connectivity index (χ0n) is 16.9. The van der Waals surface area contributed by atoms with Gasteiger partial charge in [-0.2, -0.15) is 0 Å². The molecule has 7 nitrogen and oxygen atoms in total. The van der Waals surface area contributed by atoms with Crippen LogP contribution in [0.5, 0.6) is 0 Å². The van der Waals surface area contributed by atoms with Crippen molar-refractivity contribution in [2.45, 2.75) is 18.8 Å². The molecule has 32 heavy (non-hydrogen) atoms. The Kier molecular flexibility index (Phi) is 6.07. The summed E-state index contributed by atoms with van der Waals surface area (Å²) < 4.78 is 10.7. The Bertz CT molecular complexity index is 1060. The molecule has 0 saturated carbocycles. The highest BCUT2D eigenvalue weighted by molar-refractivity contribution is 6.10. The van der Waals surface area contributed by atoms with Crippen LogP contribution in [0.1, 0.15) is 26.3 Å². The lowest BCUT2D eigenvalue weighted by atomic mass is 10.2. The first kappa shape index (κ1) is 21.0. The van der Waals surface area contributed by atoms with Crippen molar-refractivity contribution in [3.05, 3.63) is 108 Å². The second-order valence-electron chi connectivity index (χ2n) is 7.13. The second kappa shape index (κ2) is 9.26. The first-order chi connectivity index (χ1) is 15.5. The minimum Gasteiger partial charge on any atom is -0.444 e. The Morgan fingerprint density at radius 1 is 0.625 bits per heavy atom. The lowest BCUT2D eigenvalue weighted by molar-refractivity contribution is -0.142. The summed E-state index contributed by atoms with van der Waals surface area (Å²) in [5.74, 6) is -3.07. The largest absolute Gasteiger partial charge is 0.444 e. The average Bonchev–Trinajstić information content (AvgIpc) is 3.05. The van der Waals surface area contributed by atoms with E-state index in [1.54, 1.807) is 60.7 Å². The predicted molar refractivity (Wildman–Crippen MR) is 113 cm³/mol. The number of esters is 2. The normalized spacial score (nSPS) is 17.8. The first-order valence-electron chi connectivity index (χ1n) is 9.96. The summed E-state index contributed by atoms with van der Waals surface area (Å²) in [5.41, 5.74) is 1.13. The van der Waals surface area contributed by atoms with E-state index in [0.29, 0.717) is 5.56 Å². The molecule has 0 bridgehead atoms. The van der Waals surface area contributed by atoms with Crippen molar-refractivity contribution < 1.29 is 28.7 Å². The summed E-state index contributed by atoms with van der Waals surface area (Å²) in [6, 6.07) is 25.0. The van der Waals surface area contributed by atoms with Gasteiger partial charge in [-0.15, -0.1) is 0 Å². The summed E-state index contributed by atoms with van der Waals surface area (Å²) in [4.78, 5) is 52.2. The van der Waals surface area contributed by atoms with E-state index in [9.17, 15) is 19.2 Å². The highest BCUT2D eigenvalue weighted by atomic mass is 16.6. The number of amides is 2. The highest BCUT2D eigenvalue weighted by Crippen LogP contribution is 2.24. The minimum atomic E-state index is -1.58. The molecule has 1 saturated heterocycles. The molecule has 4 rings (SSSR count). The van der Waals surface area contributed by atoms with Crippen LogP contribution < -0.4 is 0 Å². The van der Waals surface area contributed by atoms with Gasteiger partial charge in [-0.25, -0.2) is 9.59 Å². The molecule has 1 heterocycles. The maximum atomic E-state index is 13.1. The van der Waals surface area contributed by atoms with Gasteiger partial charge in [0.2, 0.25) is 12.2 Å². The summed E-state index contributed by atoms with van der Waals surface area (Å²) in [6.07, 6.45) is -3.15. The van der Waals surface area contributed by atoms with E-state index >= 15 is 0 Å². The SMILES string of the molecule is O=C(O[C@@H]1C(=O)N(Cc2ccccc2)C(=O)[C@@H]1OC(=O)c1ccccc1)c1ccccc1. The topological polar surface area (TPSA) is 90.0 Å². The number of carbonyl (C=O) groups excluding carboxylic acids is 4. The lowest BCUT2D eigenvalue weighted by Gasteiger charge is -2.16. The number of rotatable bonds is 6. The number of hydrogen-bond donors (Lipinski definition) is 0. The first-order valence-corrected chi connectivity index (χ1v) is 9.96. The third-order valence-corrected chi connectivity index (χ3v) is 4.96. The molecular formula is C25H19NO6. The molecule has 7 heteroatoms. The van der Waals surface area contributed by atoms with E-state index in [2.05, 4.69) is 0 Å². The number of likely N-dealkylation sites (tertiary alicyclic amines) is 1. The van der Waals surface area contributed by atoms with Crippen molar-refractivity contribution in [2.75, 3.05) is 0 Å². The number of hydrogen-bond acceptors (Lipinski definition) is 6. The molecule has 0 N–H and O–H groups in total. The molecule has 2 amide bonds. The Balaban J connectivity index is 1.60. The van der Waals surface area contributed by atoms with Crippen molar-refractivity contribution in [1.82, 2.24) is 4.90 Å². The molecule has 0 aromatic heterocycles. The van der Waals surface area contributed by atoms with E-state index in [1.165, 1.54) is 24.3 Å². The Morgan fingerprint density at radius 2 is 1.00 bits per heavy atom. The summed E-state index contributed by atoms with van der Waals surface area (Å²) in [5, 5.41) is 0. The van der Waals surface area contributed by atoms with Gasteiger partial charge >= 0.3 is 11.9 Å². The molecule has 160 valence electrons. The number of imide groups is 1. The van der Waals surface area contributed by atoms with Gasteiger partial charge in [0.25, 0.3) is 11.8 Å². The quantitative estimate of drug-likeness (QED) is 0.442. The Labute approximate surface area is 184 Å². The van der Waals surface area contributed by atoms with Crippen LogP contribution >= 0.6 is 0 Å². The Hall–Kier alpha value is -4.26. The smallest absolute Gasteiger partial charge is 0.339 e. The number of benzene rings is 3. The maximum absolute atomic E-state index is 13.1. The number of carbonyl (C=O) groups is 4. The summed E-state index contributed by atoms with van der Waals surface area (Å²) in [6.45, 7) is -0.0305. The average molecular weight is 429 g/mol. The molecule has 0 unspecified atom stereocenters. The molecule has 0 aliphatic carbocycles. The van der Waals surface area contributed by atoms with Crippen LogP contribution in [-0.2, 0) is 25.6 Å². The molecule has 1 fully saturated rings. The van der Waals surface area contributed by atoms with Gasteiger partial charge in [-0.3, -0.25) is 14.5 Å². The second-order valence-corrected chi connectivity index (χ2v) is 7.13. The zero-order valence-corrected chi connectivity index (χ0v) is 16.9. The van der Waals surface area contributed by atoms with Crippen LogP contribution in [-0.4, -0.2) is 40.9 Å².